The van der Waals surface area contributed by atoms with Gasteiger partial charge in [-0.1, -0.05) is 30.3 Å². The maximum absolute atomic E-state index is 12.9. The molecular weight excluding hydrogens is 398 g/mol. The zero-order valence-electron chi connectivity index (χ0n) is 18.1. The standard InChI is InChI=1S/C27H25N3O2/c1-17-4-2-3-5-20(17)19-12-22-23(16-30-26(22)29-15-19)18-6-7-21-24(31)14-27(32-25(21)13-18)8-10-28-11-9-27/h2-7,12-13,15-16,28H,8-11,14H2,1H3,(H,29,30). The van der Waals surface area contributed by atoms with Gasteiger partial charge in [-0.15, -0.1) is 0 Å². The molecule has 6 rings (SSSR count). The fraction of sp³-hybridized carbons (Fsp3) is 0.259. The van der Waals surface area contributed by atoms with Crippen molar-refractivity contribution in [3.63, 3.8) is 0 Å². The Bertz CT molecular complexity index is 1350. The molecule has 2 aromatic carbocycles. The normalized spacial score (nSPS) is 17.3. The van der Waals surface area contributed by atoms with E-state index in [1.165, 1.54) is 11.1 Å². The molecule has 5 heteroatoms. The number of ether oxygens (including phenoxy) is 1. The van der Waals surface area contributed by atoms with Gasteiger partial charge in [0.2, 0.25) is 0 Å². The highest BCUT2D eigenvalue weighted by molar-refractivity contribution is 6.02. The molecule has 1 fully saturated rings. The zero-order valence-corrected chi connectivity index (χ0v) is 18.1. The molecule has 2 aliphatic heterocycles. The van der Waals surface area contributed by atoms with Crippen LogP contribution in [0.2, 0.25) is 0 Å². The number of hydrogen-bond acceptors (Lipinski definition) is 4. The van der Waals surface area contributed by atoms with E-state index in [0.29, 0.717) is 17.7 Å². The van der Waals surface area contributed by atoms with Gasteiger partial charge in [-0.05, 0) is 54.9 Å². The Kier molecular flexibility index (Phi) is 4.40. The second kappa shape index (κ2) is 7.31. The van der Waals surface area contributed by atoms with Crippen LogP contribution in [0.3, 0.4) is 0 Å². The smallest absolute Gasteiger partial charge is 0.170 e. The van der Waals surface area contributed by atoms with Crippen LogP contribution < -0.4 is 10.1 Å². The van der Waals surface area contributed by atoms with Gasteiger partial charge in [0, 0.05) is 41.7 Å². The van der Waals surface area contributed by atoms with Gasteiger partial charge < -0.3 is 15.0 Å². The molecule has 5 nitrogen and oxygen atoms in total. The molecule has 0 radical (unpaired) electrons. The number of Topliss-reactive ketones (excluding diaryl/α,β-unsaturated/α-hetero) is 1. The van der Waals surface area contributed by atoms with Crippen LogP contribution in [0.25, 0.3) is 33.3 Å². The van der Waals surface area contributed by atoms with Crippen molar-refractivity contribution in [3.8, 4) is 28.0 Å². The summed E-state index contributed by atoms with van der Waals surface area (Å²) in [6, 6.07) is 16.5. The van der Waals surface area contributed by atoms with Crippen molar-refractivity contribution in [1.82, 2.24) is 15.3 Å². The third-order valence-corrected chi connectivity index (χ3v) is 6.90. The van der Waals surface area contributed by atoms with Crippen LogP contribution in [0.15, 0.2) is 60.9 Å². The summed E-state index contributed by atoms with van der Waals surface area (Å²) in [5, 5.41) is 4.43. The molecule has 0 atom stereocenters. The summed E-state index contributed by atoms with van der Waals surface area (Å²) in [5.41, 5.74) is 6.75. The quantitative estimate of drug-likeness (QED) is 0.460. The fourth-order valence-electron chi connectivity index (χ4n) is 5.11. The number of aromatic nitrogens is 2. The maximum atomic E-state index is 12.9. The van der Waals surface area contributed by atoms with Gasteiger partial charge in [0.1, 0.15) is 17.0 Å². The van der Waals surface area contributed by atoms with E-state index in [2.05, 4.69) is 52.5 Å². The molecule has 160 valence electrons. The molecule has 4 heterocycles. The fourth-order valence-corrected chi connectivity index (χ4v) is 5.11. The number of rotatable bonds is 2. The lowest BCUT2D eigenvalue weighted by Gasteiger charge is -2.41. The Morgan fingerprint density at radius 1 is 0.969 bits per heavy atom. The Morgan fingerprint density at radius 2 is 1.81 bits per heavy atom. The third kappa shape index (κ3) is 3.12. The van der Waals surface area contributed by atoms with Crippen LogP contribution in [0.5, 0.6) is 5.75 Å². The largest absolute Gasteiger partial charge is 0.486 e. The Labute approximate surface area is 186 Å². The topological polar surface area (TPSA) is 67.0 Å². The molecule has 4 aromatic rings. The maximum Gasteiger partial charge on any atom is 0.170 e. The molecule has 2 N–H and O–H groups in total. The number of carbonyl (C=O) groups excluding carboxylic acids is 1. The minimum Gasteiger partial charge on any atom is -0.486 e. The number of nitrogens with zero attached hydrogens (tertiary/aromatic N) is 1. The van der Waals surface area contributed by atoms with Crippen LogP contribution in [-0.4, -0.2) is 34.4 Å². The van der Waals surface area contributed by atoms with E-state index >= 15 is 0 Å². The molecular formula is C27H25N3O2. The van der Waals surface area contributed by atoms with Crippen LogP contribution in [-0.2, 0) is 0 Å². The van der Waals surface area contributed by atoms with Crippen molar-refractivity contribution in [2.24, 2.45) is 0 Å². The first kappa shape index (κ1) is 19.3. The molecule has 0 amide bonds. The van der Waals surface area contributed by atoms with E-state index in [4.69, 9.17) is 4.74 Å². The first-order valence-corrected chi connectivity index (χ1v) is 11.2. The number of piperidine rings is 1. The number of H-pyrrole nitrogens is 1. The minimum atomic E-state index is -0.367. The second-order valence-electron chi connectivity index (χ2n) is 8.98. The number of pyridine rings is 1. The van der Waals surface area contributed by atoms with Crippen molar-refractivity contribution in [2.75, 3.05) is 13.1 Å². The summed E-state index contributed by atoms with van der Waals surface area (Å²) < 4.78 is 6.50. The van der Waals surface area contributed by atoms with E-state index < -0.39 is 0 Å². The van der Waals surface area contributed by atoms with Crippen LogP contribution >= 0.6 is 0 Å². The van der Waals surface area contributed by atoms with Gasteiger partial charge in [-0.2, -0.15) is 0 Å². The minimum absolute atomic E-state index is 0.183. The number of nitrogens with one attached hydrogen (secondary N) is 2. The number of aryl methyl sites for hydroxylation is 1. The van der Waals surface area contributed by atoms with Gasteiger partial charge in [0.15, 0.2) is 5.78 Å². The SMILES string of the molecule is Cc1ccccc1-c1cnc2[nH]cc(-c3ccc4c(c3)OC3(CCNCC3)CC4=O)c2c1. The van der Waals surface area contributed by atoms with E-state index in [0.717, 1.165) is 53.7 Å². The molecule has 0 unspecified atom stereocenters. The number of aromatic amines is 1. The van der Waals surface area contributed by atoms with Crippen LogP contribution in [0.1, 0.15) is 35.2 Å². The summed E-state index contributed by atoms with van der Waals surface area (Å²) in [5.74, 6) is 0.889. The van der Waals surface area contributed by atoms with Gasteiger partial charge in [-0.3, -0.25) is 4.79 Å². The van der Waals surface area contributed by atoms with Gasteiger partial charge in [0.25, 0.3) is 0 Å². The lowest BCUT2D eigenvalue weighted by atomic mass is 9.82. The summed E-state index contributed by atoms with van der Waals surface area (Å²) >= 11 is 0. The number of benzene rings is 2. The highest BCUT2D eigenvalue weighted by Crippen LogP contribution is 2.41. The summed E-state index contributed by atoms with van der Waals surface area (Å²) in [4.78, 5) is 20.8. The number of fused-ring (bicyclic) bond motifs is 2. The number of hydrogen-bond donors (Lipinski definition) is 2. The van der Waals surface area contributed by atoms with E-state index in [-0.39, 0.29) is 11.4 Å². The first-order valence-electron chi connectivity index (χ1n) is 11.2. The first-order chi connectivity index (χ1) is 15.6. The van der Waals surface area contributed by atoms with Gasteiger partial charge in [-0.25, -0.2) is 4.98 Å². The van der Waals surface area contributed by atoms with Crippen molar-refractivity contribution >= 4 is 16.8 Å². The van der Waals surface area contributed by atoms with Crippen molar-refractivity contribution in [3.05, 3.63) is 72.1 Å². The van der Waals surface area contributed by atoms with E-state index in [1.54, 1.807) is 0 Å². The molecule has 32 heavy (non-hydrogen) atoms. The molecule has 1 spiro atoms. The van der Waals surface area contributed by atoms with E-state index in [1.807, 2.05) is 30.6 Å². The molecule has 0 saturated carbocycles. The Morgan fingerprint density at radius 3 is 2.66 bits per heavy atom. The van der Waals surface area contributed by atoms with Crippen molar-refractivity contribution in [2.45, 2.75) is 31.8 Å². The summed E-state index contributed by atoms with van der Waals surface area (Å²) in [6.07, 6.45) is 6.10. The van der Waals surface area contributed by atoms with Gasteiger partial charge >= 0.3 is 0 Å². The highest BCUT2D eigenvalue weighted by Gasteiger charge is 2.41. The average molecular weight is 424 g/mol. The summed E-state index contributed by atoms with van der Waals surface area (Å²) in [6.45, 7) is 3.89. The van der Waals surface area contributed by atoms with Crippen LogP contribution in [0, 0.1) is 6.92 Å². The Balaban J connectivity index is 1.43. The average Bonchev–Trinajstić information content (AvgIpc) is 3.23. The zero-order chi connectivity index (χ0) is 21.7. The molecule has 2 aliphatic rings. The van der Waals surface area contributed by atoms with Gasteiger partial charge in [0.05, 0.1) is 12.0 Å². The van der Waals surface area contributed by atoms with Crippen LogP contribution in [0.4, 0.5) is 0 Å². The molecule has 0 bridgehead atoms. The predicted octanol–water partition coefficient (Wildman–Crippen LogP) is 5.29. The molecule has 0 aliphatic carbocycles. The molecule has 1 saturated heterocycles. The predicted molar refractivity (Wildman–Crippen MR) is 126 cm³/mol. The number of ketones is 1. The third-order valence-electron chi connectivity index (χ3n) is 6.90. The summed E-state index contributed by atoms with van der Waals surface area (Å²) in [7, 11) is 0. The lowest BCUT2D eigenvalue weighted by Crippen LogP contribution is -2.49. The van der Waals surface area contributed by atoms with Crippen molar-refractivity contribution < 1.29 is 9.53 Å². The second-order valence-corrected chi connectivity index (χ2v) is 8.98. The molecule has 2 aromatic heterocycles. The monoisotopic (exact) mass is 423 g/mol. The lowest BCUT2D eigenvalue weighted by molar-refractivity contribution is 0.0188. The number of carbonyl (C=O) groups is 1. The van der Waals surface area contributed by atoms with Crippen molar-refractivity contribution in [1.29, 1.82) is 0 Å². The highest BCUT2D eigenvalue weighted by atomic mass is 16.5. The van der Waals surface area contributed by atoms with E-state index in [9.17, 15) is 4.79 Å². The Hall–Kier alpha value is -3.44.